The van der Waals surface area contributed by atoms with Crippen molar-refractivity contribution in [2.24, 2.45) is 0 Å². The van der Waals surface area contributed by atoms with E-state index in [0.717, 1.165) is 72.0 Å². The van der Waals surface area contributed by atoms with Crippen molar-refractivity contribution >= 4 is 33.2 Å². The highest BCUT2D eigenvalue weighted by Gasteiger charge is 2.25. The van der Waals surface area contributed by atoms with Gasteiger partial charge in [0.15, 0.2) is 0 Å². The van der Waals surface area contributed by atoms with Crippen LogP contribution in [-0.4, -0.2) is 55.7 Å². The fraction of sp³-hybridized carbons (Fsp3) is 0.259. The average Bonchev–Trinajstić information content (AvgIpc) is 3.32. The summed E-state index contributed by atoms with van der Waals surface area (Å²) in [7, 11) is -3.35. The number of piperazine rings is 1. The molecule has 3 aromatic rings. The Morgan fingerprint density at radius 3 is 2.57 bits per heavy atom. The van der Waals surface area contributed by atoms with E-state index in [2.05, 4.69) is 42.5 Å². The van der Waals surface area contributed by atoms with Gasteiger partial charge in [0.05, 0.1) is 17.8 Å². The molecule has 0 unspecified atom stereocenters. The number of hydrogen-bond donors (Lipinski definition) is 2. The highest BCUT2D eigenvalue weighted by molar-refractivity contribution is 7.92. The van der Waals surface area contributed by atoms with Crippen molar-refractivity contribution in [3.05, 3.63) is 95.5 Å². The van der Waals surface area contributed by atoms with Crippen molar-refractivity contribution < 1.29 is 12.8 Å². The Balaban J connectivity index is 1.24. The summed E-state index contributed by atoms with van der Waals surface area (Å²) in [4.78, 5) is 13.6. The van der Waals surface area contributed by atoms with Crippen LogP contribution < -0.4 is 14.9 Å². The van der Waals surface area contributed by atoms with Gasteiger partial charge in [-0.25, -0.2) is 22.8 Å². The molecule has 2 heterocycles. The highest BCUT2D eigenvalue weighted by Crippen LogP contribution is 2.36. The van der Waals surface area contributed by atoms with E-state index in [9.17, 15) is 12.8 Å². The second-order valence-electron chi connectivity index (χ2n) is 9.26. The number of fused-ring (bicyclic) bond motifs is 1. The van der Waals surface area contributed by atoms with Gasteiger partial charge in [0.25, 0.3) is 0 Å². The van der Waals surface area contributed by atoms with Crippen LogP contribution in [0.25, 0.3) is 11.6 Å². The summed E-state index contributed by atoms with van der Waals surface area (Å²) in [5.74, 6) is 1.52. The number of anilines is 2. The Hall–Kier alpha value is -3.92. The van der Waals surface area contributed by atoms with Crippen molar-refractivity contribution in [3.63, 3.8) is 0 Å². The first kappa shape index (κ1) is 24.8. The maximum absolute atomic E-state index is 13.1. The molecule has 37 heavy (non-hydrogen) atoms. The van der Waals surface area contributed by atoms with Crippen LogP contribution in [0.3, 0.4) is 0 Å². The van der Waals surface area contributed by atoms with E-state index >= 15 is 0 Å². The Morgan fingerprint density at radius 1 is 1.08 bits per heavy atom. The Kier molecular flexibility index (Phi) is 6.84. The summed E-state index contributed by atoms with van der Waals surface area (Å²) in [6.07, 6.45) is 5.53. The molecular weight excluding hydrogens is 491 g/mol. The molecule has 8 nitrogen and oxygen atoms in total. The first-order chi connectivity index (χ1) is 17.7. The molecular formula is C27H29FN6O2S. The van der Waals surface area contributed by atoms with Crippen molar-refractivity contribution in [3.8, 4) is 0 Å². The minimum atomic E-state index is -3.35. The van der Waals surface area contributed by atoms with Crippen LogP contribution in [0, 0.1) is 5.82 Å². The lowest BCUT2D eigenvalue weighted by atomic mass is 10.0. The molecule has 10 heteroatoms. The molecule has 0 radical (unpaired) electrons. The van der Waals surface area contributed by atoms with Crippen molar-refractivity contribution in [2.45, 2.75) is 13.0 Å². The van der Waals surface area contributed by atoms with Crippen LogP contribution >= 0.6 is 0 Å². The van der Waals surface area contributed by atoms with Crippen molar-refractivity contribution in [2.75, 3.05) is 42.1 Å². The Labute approximate surface area is 216 Å². The topological polar surface area (TPSA) is 90.5 Å². The van der Waals surface area contributed by atoms with Crippen LogP contribution in [-0.2, 0) is 23.0 Å². The molecule has 2 aromatic carbocycles. The lowest BCUT2D eigenvalue weighted by Crippen LogP contribution is -2.48. The number of nitrogens with one attached hydrogen (secondary N) is 2. The lowest BCUT2D eigenvalue weighted by molar-refractivity contribution is 0.300. The van der Waals surface area contributed by atoms with Crippen LogP contribution in [0.1, 0.15) is 22.4 Å². The predicted octanol–water partition coefficient (Wildman–Crippen LogP) is 3.47. The van der Waals surface area contributed by atoms with Crippen molar-refractivity contribution in [1.29, 1.82) is 0 Å². The molecule has 1 aliphatic heterocycles. The molecule has 192 valence electrons. The number of halogens is 1. The molecule has 0 amide bonds. The SMILES string of the molecule is C=C(NCc1ccc(F)cc1)N1CCN(c2ncnc3c2C=C(c2cccc(NS(C)(=O)=O)c2)C3)CC1. The van der Waals surface area contributed by atoms with Crippen LogP contribution in [0.2, 0.25) is 0 Å². The van der Waals surface area contributed by atoms with Gasteiger partial charge in [-0.05, 0) is 47.0 Å². The summed E-state index contributed by atoms with van der Waals surface area (Å²) in [5.41, 5.74) is 5.54. The summed E-state index contributed by atoms with van der Waals surface area (Å²) in [6, 6.07) is 13.9. The van der Waals surface area contributed by atoms with E-state index in [1.807, 2.05) is 18.2 Å². The van der Waals surface area contributed by atoms with E-state index in [0.29, 0.717) is 18.7 Å². The summed E-state index contributed by atoms with van der Waals surface area (Å²) >= 11 is 0. The van der Waals surface area contributed by atoms with E-state index < -0.39 is 10.0 Å². The normalized spacial score (nSPS) is 15.2. The third-order valence-corrected chi connectivity index (χ3v) is 7.14. The average molecular weight is 521 g/mol. The molecule has 1 saturated heterocycles. The Bertz CT molecular complexity index is 1450. The fourth-order valence-corrected chi connectivity index (χ4v) is 5.21. The van der Waals surface area contributed by atoms with Gasteiger partial charge in [-0.1, -0.05) is 30.8 Å². The molecule has 2 N–H and O–H groups in total. The van der Waals surface area contributed by atoms with Gasteiger partial charge >= 0.3 is 0 Å². The Morgan fingerprint density at radius 2 is 1.84 bits per heavy atom. The first-order valence-electron chi connectivity index (χ1n) is 12.0. The third-order valence-electron chi connectivity index (χ3n) is 6.53. The number of rotatable bonds is 8. The van der Waals surface area contributed by atoms with E-state index in [1.165, 1.54) is 12.1 Å². The predicted molar refractivity (Wildman–Crippen MR) is 145 cm³/mol. The van der Waals surface area contributed by atoms with Gasteiger partial charge in [-0.2, -0.15) is 0 Å². The molecule has 0 atom stereocenters. The lowest BCUT2D eigenvalue weighted by Gasteiger charge is -2.38. The first-order valence-corrected chi connectivity index (χ1v) is 13.9. The number of sulfonamides is 1. The number of allylic oxidation sites excluding steroid dienone is 1. The van der Waals surface area contributed by atoms with Crippen LogP contribution in [0.5, 0.6) is 0 Å². The molecule has 0 spiro atoms. The number of nitrogens with zero attached hydrogens (tertiary/aromatic N) is 4. The number of aromatic nitrogens is 2. The standard InChI is InChI=1S/C27H29FN6O2S/c1-19(29-17-20-6-8-23(28)9-7-20)33-10-12-34(13-11-33)27-25-15-22(16-26(25)30-18-31-27)21-4-3-5-24(14-21)32-37(2,35)36/h3-9,14-15,18,29,32H,1,10-13,16-17H2,2H3. The monoisotopic (exact) mass is 520 g/mol. The van der Waals surface area contributed by atoms with E-state index in [4.69, 9.17) is 0 Å². The largest absolute Gasteiger partial charge is 0.368 e. The van der Waals surface area contributed by atoms with E-state index in [1.54, 1.807) is 24.5 Å². The molecule has 0 bridgehead atoms. The molecule has 1 aliphatic carbocycles. The number of hydrogen-bond acceptors (Lipinski definition) is 7. The van der Waals surface area contributed by atoms with Crippen molar-refractivity contribution in [1.82, 2.24) is 20.2 Å². The third kappa shape index (κ3) is 5.91. The van der Waals surface area contributed by atoms with Gasteiger partial charge in [-0.3, -0.25) is 4.72 Å². The summed E-state index contributed by atoms with van der Waals surface area (Å²) in [5, 5.41) is 3.34. The van der Waals surface area contributed by atoms with Gasteiger partial charge in [-0.15, -0.1) is 0 Å². The quantitative estimate of drug-likeness (QED) is 0.470. The second kappa shape index (κ2) is 10.2. The molecule has 1 fully saturated rings. The van der Waals surface area contributed by atoms with Gasteiger partial charge < -0.3 is 15.1 Å². The highest BCUT2D eigenvalue weighted by atomic mass is 32.2. The molecule has 5 rings (SSSR count). The second-order valence-corrected chi connectivity index (χ2v) is 11.0. The summed E-state index contributed by atoms with van der Waals surface area (Å²) in [6.45, 7) is 7.94. The van der Waals surface area contributed by atoms with Gasteiger partial charge in [0, 0.05) is 50.4 Å². The van der Waals surface area contributed by atoms with Crippen LogP contribution in [0.15, 0.2) is 67.3 Å². The molecule has 1 aromatic heterocycles. The molecule has 2 aliphatic rings. The minimum Gasteiger partial charge on any atom is -0.368 e. The zero-order chi connectivity index (χ0) is 26.0. The van der Waals surface area contributed by atoms with Crippen LogP contribution in [0.4, 0.5) is 15.9 Å². The maximum Gasteiger partial charge on any atom is 0.229 e. The fourth-order valence-electron chi connectivity index (χ4n) is 4.66. The number of benzene rings is 2. The summed E-state index contributed by atoms with van der Waals surface area (Å²) < 4.78 is 38.9. The molecule has 0 saturated carbocycles. The zero-order valence-electron chi connectivity index (χ0n) is 20.6. The smallest absolute Gasteiger partial charge is 0.229 e. The maximum atomic E-state index is 13.1. The van der Waals surface area contributed by atoms with E-state index in [-0.39, 0.29) is 5.82 Å². The van der Waals surface area contributed by atoms with Gasteiger partial charge in [0.1, 0.15) is 18.0 Å². The minimum absolute atomic E-state index is 0.241. The zero-order valence-corrected chi connectivity index (χ0v) is 21.4. The van der Waals surface area contributed by atoms with Gasteiger partial charge in [0.2, 0.25) is 10.0 Å².